The van der Waals surface area contributed by atoms with Gasteiger partial charge in [0.2, 0.25) is 0 Å². The average Bonchev–Trinajstić information content (AvgIpc) is 2.60. The minimum atomic E-state index is -1.55. The van der Waals surface area contributed by atoms with Gasteiger partial charge in [-0.3, -0.25) is 9.59 Å². The minimum absolute atomic E-state index is 0.0766. The molecule has 2 aromatic rings. The highest BCUT2D eigenvalue weighted by molar-refractivity contribution is 5.99. The summed E-state index contributed by atoms with van der Waals surface area (Å²) in [5, 5.41) is 9.78. The van der Waals surface area contributed by atoms with E-state index in [9.17, 15) is 14.7 Å². The first-order valence-electron chi connectivity index (χ1n) is 8.07. The van der Waals surface area contributed by atoms with Crippen molar-refractivity contribution in [1.29, 1.82) is 0 Å². The minimum Gasteiger partial charge on any atom is -0.480 e. The van der Waals surface area contributed by atoms with Gasteiger partial charge in [-0.2, -0.15) is 0 Å². The van der Waals surface area contributed by atoms with Gasteiger partial charge in [0.25, 0.3) is 0 Å². The molecule has 0 aliphatic rings. The second kappa shape index (κ2) is 8.29. The normalized spacial score (nSPS) is 13.0. The Balaban J connectivity index is 2.20. The zero-order valence-electron chi connectivity index (χ0n) is 13.8. The first kappa shape index (κ1) is 17.7. The molecule has 0 amide bonds. The number of carbonyl (C=O) groups excluding carboxylic acids is 1. The Hall–Kier alpha value is -2.62. The second-order valence-electron chi connectivity index (χ2n) is 5.86. The van der Waals surface area contributed by atoms with Crippen LogP contribution in [0.4, 0.5) is 0 Å². The maximum absolute atomic E-state index is 12.7. The third kappa shape index (κ3) is 4.22. The molecule has 0 bridgehead atoms. The molecule has 0 saturated carbocycles. The zero-order chi connectivity index (χ0) is 17.4. The van der Waals surface area contributed by atoms with Crippen molar-refractivity contribution >= 4 is 11.9 Å². The van der Waals surface area contributed by atoms with E-state index in [0.717, 1.165) is 11.1 Å². The summed E-state index contributed by atoms with van der Waals surface area (Å²) >= 11 is 0. The summed E-state index contributed by atoms with van der Waals surface area (Å²) < 4.78 is 5.36. The van der Waals surface area contributed by atoms with E-state index in [1.54, 1.807) is 0 Å². The summed E-state index contributed by atoms with van der Waals surface area (Å²) in [5.41, 5.74) is 0.0941. The van der Waals surface area contributed by atoms with Gasteiger partial charge in [-0.15, -0.1) is 0 Å². The predicted molar refractivity (Wildman–Crippen MR) is 91.4 cm³/mol. The molecule has 24 heavy (non-hydrogen) atoms. The summed E-state index contributed by atoms with van der Waals surface area (Å²) in [7, 11) is 0. The zero-order valence-corrected chi connectivity index (χ0v) is 13.8. The monoisotopic (exact) mass is 326 g/mol. The maximum Gasteiger partial charge on any atom is 0.324 e. The number of hydrogen-bond acceptors (Lipinski definition) is 3. The molecule has 1 unspecified atom stereocenters. The van der Waals surface area contributed by atoms with Gasteiger partial charge < -0.3 is 9.84 Å². The molecular weight excluding hydrogens is 304 g/mol. The van der Waals surface area contributed by atoms with Crippen LogP contribution in [0.25, 0.3) is 0 Å². The van der Waals surface area contributed by atoms with E-state index in [1.165, 1.54) is 0 Å². The van der Waals surface area contributed by atoms with Crippen LogP contribution < -0.4 is 0 Å². The molecule has 1 N–H and O–H groups in total. The molecule has 0 heterocycles. The fourth-order valence-corrected chi connectivity index (χ4v) is 2.76. The maximum atomic E-state index is 12.7. The number of ether oxygens (including phenoxy) is 1. The van der Waals surface area contributed by atoms with Gasteiger partial charge in [0, 0.05) is 0 Å². The first-order valence-corrected chi connectivity index (χ1v) is 8.07. The van der Waals surface area contributed by atoms with Crippen LogP contribution in [0.5, 0.6) is 0 Å². The van der Waals surface area contributed by atoms with Crippen LogP contribution in [0, 0.1) is 5.41 Å². The van der Waals surface area contributed by atoms with Gasteiger partial charge in [0.05, 0.1) is 0 Å². The number of carbonyl (C=O) groups is 2. The van der Waals surface area contributed by atoms with Gasteiger partial charge >= 0.3 is 11.9 Å². The molecule has 4 nitrogen and oxygen atoms in total. The van der Waals surface area contributed by atoms with E-state index in [1.807, 2.05) is 67.6 Å². The number of hydrogen-bond donors (Lipinski definition) is 1. The van der Waals surface area contributed by atoms with Crippen molar-refractivity contribution in [2.24, 2.45) is 5.41 Å². The Morgan fingerprint density at radius 1 is 0.958 bits per heavy atom. The number of rotatable bonds is 8. The molecule has 0 radical (unpaired) electrons. The van der Waals surface area contributed by atoms with Crippen molar-refractivity contribution in [3.8, 4) is 0 Å². The lowest BCUT2D eigenvalue weighted by molar-refractivity contribution is -0.170. The van der Waals surface area contributed by atoms with E-state index in [2.05, 4.69) is 0 Å². The predicted octanol–water partition coefficient (Wildman–Crippen LogP) is 3.84. The highest BCUT2D eigenvalue weighted by Gasteiger charge is 2.47. The molecule has 0 saturated heterocycles. The summed E-state index contributed by atoms with van der Waals surface area (Å²) in [6.07, 6.45) is 0.953. The number of aliphatic carboxylic acids is 1. The van der Waals surface area contributed by atoms with E-state index in [-0.39, 0.29) is 19.4 Å². The molecule has 2 aromatic carbocycles. The van der Waals surface area contributed by atoms with Crippen molar-refractivity contribution in [2.75, 3.05) is 0 Å². The summed E-state index contributed by atoms with van der Waals surface area (Å²) in [4.78, 5) is 24.6. The van der Waals surface area contributed by atoms with Gasteiger partial charge in [0.1, 0.15) is 6.61 Å². The molecule has 4 heteroatoms. The smallest absolute Gasteiger partial charge is 0.324 e. The molecule has 0 aliphatic carbocycles. The molecule has 2 rings (SSSR count). The topological polar surface area (TPSA) is 63.6 Å². The van der Waals surface area contributed by atoms with Gasteiger partial charge in [0.15, 0.2) is 5.41 Å². The van der Waals surface area contributed by atoms with Gasteiger partial charge in [-0.1, -0.05) is 74.0 Å². The molecule has 0 fully saturated rings. The summed E-state index contributed by atoms with van der Waals surface area (Å²) in [6.45, 7) is 1.94. The highest BCUT2D eigenvalue weighted by Crippen LogP contribution is 2.31. The number of esters is 1. The third-order valence-electron chi connectivity index (χ3n) is 4.04. The molecule has 0 spiro atoms. The molecular formula is C20H22O4. The summed E-state index contributed by atoms with van der Waals surface area (Å²) in [5.74, 6) is -1.81. The fourth-order valence-electron chi connectivity index (χ4n) is 2.76. The van der Waals surface area contributed by atoms with E-state index in [4.69, 9.17) is 4.74 Å². The van der Waals surface area contributed by atoms with Crippen LogP contribution >= 0.6 is 0 Å². The third-order valence-corrected chi connectivity index (χ3v) is 4.04. The fraction of sp³-hybridized carbons (Fsp3) is 0.300. The van der Waals surface area contributed by atoms with Crippen molar-refractivity contribution < 1.29 is 19.4 Å². The standard InChI is InChI=1S/C20H22O4/c1-2-13-20(18(21)22,14-16-9-5-3-6-10-16)19(23)24-15-17-11-7-4-8-12-17/h3-12H,2,13-15H2,1H3,(H,21,22). The molecule has 1 atom stereocenters. The highest BCUT2D eigenvalue weighted by atomic mass is 16.5. The first-order chi connectivity index (χ1) is 11.6. The van der Waals surface area contributed by atoms with Gasteiger partial charge in [-0.05, 0) is 24.0 Å². The van der Waals surface area contributed by atoms with Crippen LogP contribution in [-0.4, -0.2) is 17.0 Å². The summed E-state index contributed by atoms with van der Waals surface area (Å²) in [6, 6.07) is 18.5. The van der Waals surface area contributed by atoms with Crippen LogP contribution in [0.15, 0.2) is 60.7 Å². The van der Waals surface area contributed by atoms with Crippen molar-refractivity contribution in [3.05, 3.63) is 71.8 Å². The molecule has 126 valence electrons. The van der Waals surface area contributed by atoms with Crippen LogP contribution in [-0.2, 0) is 27.4 Å². The average molecular weight is 326 g/mol. The van der Waals surface area contributed by atoms with Crippen molar-refractivity contribution in [3.63, 3.8) is 0 Å². The van der Waals surface area contributed by atoms with Gasteiger partial charge in [-0.25, -0.2) is 0 Å². The number of benzene rings is 2. The van der Waals surface area contributed by atoms with E-state index in [0.29, 0.717) is 6.42 Å². The Kier molecular flexibility index (Phi) is 6.13. The van der Waals surface area contributed by atoms with Crippen LogP contribution in [0.1, 0.15) is 30.9 Å². The molecule has 0 aromatic heterocycles. The SMILES string of the molecule is CCCC(Cc1ccccc1)(C(=O)O)C(=O)OCc1ccccc1. The number of carboxylic acids is 1. The Morgan fingerprint density at radius 3 is 2.00 bits per heavy atom. The lowest BCUT2D eigenvalue weighted by Gasteiger charge is -2.27. The van der Waals surface area contributed by atoms with Crippen LogP contribution in [0.3, 0.4) is 0 Å². The lowest BCUT2D eigenvalue weighted by atomic mass is 9.78. The number of carboxylic acid groups (broad SMARTS) is 1. The second-order valence-corrected chi connectivity index (χ2v) is 5.86. The van der Waals surface area contributed by atoms with Crippen molar-refractivity contribution in [2.45, 2.75) is 32.8 Å². The van der Waals surface area contributed by atoms with Crippen LogP contribution in [0.2, 0.25) is 0 Å². The van der Waals surface area contributed by atoms with E-state index >= 15 is 0 Å². The lowest BCUT2D eigenvalue weighted by Crippen LogP contribution is -2.42. The Bertz CT molecular complexity index is 667. The van der Waals surface area contributed by atoms with E-state index < -0.39 is 17.4 Å². The Labute approximate surface area is 142 Å². The van der Waals surface area contributed by atoms with Crippen molar-refractivity contribution in [1.82, 2.24) is 0 Å². The molecule has 0 aliphatic heterocycles. The Morgan fingerprint density at radius 2 is 1.50 bits per heavy atom. The quantitative estimate of drug-likeness (QED) is 0.591. The largest absolute Gasteiger partial charge is 0.480 e.